The van der Waals surface area contributed by atoms with Crippen LogP contribution in [0, 0.1) is 3.57 Å². The molecule has 2 fully saturated rings. The largest absolute Gasteiger partial charge is 0.366 e. The molecule has 2 atom stereocenters. The number of nitrogens with one attached hydrogen (secondary N) is 1. The van der Waals surface area contributed by atoms with Crippen molar-refractivity contribution in [2.24, 2.45) is 0 Å². The van der Waals surface area contributed by atoms with Crippen LogP contribution in [-0.4, -0.2) is 42.0 Å². The van der Waals surface area contributed by atoms with Crippen LogP contribution in [0.3, 0.4) is 0 Å². The maximum absolute atomic E-state index is 12.3. The van der Waals surface area contributed by atoms with Crippen molar-refractivity contribution >= 4 is 40.1 Å². The minimum Gasteiger partial charge on any atom is -0.366 e. The van der Waals surface area contributed by atoms with Gasteiger partial charge in [0.25, 0.3) is 5.91 Å². The van der Waals surface area contributed by atoms with Gasteiger partial charge >= 0.3 is 0 Å². The first-order valence-corrected chi connectivity index (χ1v) is 8.19. The number of morpholine rings is 1. The highest BCUT2D eigenvalue weighted by molar-refractivity contribution is 14.1. The van der Waals surface area contributed by atoms with Gasteiger partial charge < -0.3 is 15.0 Å². The van der Waals surface area contributed by atoms with Crippen molar-refractivity contribution < 1.29 is 14.3 Å². The first-order valence-electron chi connectivity index (χ1n) is 7.11. The van der Waals surface area contributed by atoms with Gasteiger partial charge in [0.15, 0.2) is 0 Å². The molecule has 3 rings (SSSR count). The fourth-order valence-electron chi connectivity index (χ4n) is 2.84. The Kier molecular flexibility index (Phi) is 4.44. The Balaban J connectivity index is 1.57. The number of carbonyl (C=O) groups is 2. The fourth-order valence-corrected chi connectivity index (χ4v) is 3.20. The molecular weight excluding hydrogens is 383 g/mol. The molecule has 1 N–H and O–H groups in total. The van der Waals surface area contributed by atoms with Gasteiger partial charge in [0.2, 0.25) is 5.91 Å². The van der Waals surface area contributed by atoms with Gasteiger partial charge in [-0.15, -0.1) is 0 Å². The Morgan fingerprint density at radius 1 is 1.38 bits per heavy atom. The molecule has 2 aliphatic rings. The van der Waals surface area contributed by atoms with Crippen molar-refractivity contribution in [3.63, 3.8) is 0 Å². The first-order chi connectivity index (χ1) is 10.1. The van der Waals surface area contributed by atoms with Crippen molar-refractivity contribution in [2.45, 2.75) is 31.4 Å². The third-order valence-electron chi connectivity index (χ3n) is 3.92. The zero-order valence-electron chi connectivity index (χ0n) is 11.5. The van der Waals surface area contributed by atoms with E-state index >= 15 is 0 Å². The summed E-state index contributed by atoms with van der Waals surface area (Å²) in [5.74, 6) is -0.228. The lowest BCUT2D eigenvalue weighted by Crippen LogP contribution is -2.51. The summed E-state index contributed by atoms with van der Waals surface area (Å²) in [6.45, 7) is 1.34. The number of hydrogen-bond acceptors (Lipinski definition) is 3. The second-order valence-corrected chi connectivity index (χ2v) is 6.65. The summed E-state index contributed by atoms with van der Waals surface area (Å²) in [4.78, 5) is 26.2. The molecule has 0 spiro atoms. The van der Waals surface area contributed by atoms with Crippen molar-refractivity contribution in [3.8, 4) is 0 Å². The molecule has 1 aromatic carbocycles. The average molecular weight is 400 g/mol. The molecule has 0 radical (unpaired) electrons. The third-order valence-corrected chi connectivity index (χ3v) is 4.64. The van der Waals surface area contributed by atoms with E-state index in [0.717, 1.165) is 28.6 Å². The summed E-state index contributed by atoms with van der Waals surface area (Å²) in [5, 5.41) is 2.80. The standard InChI is InChI=1S/C15H17IN2O3/c16-10-3-5-11(6-4-10)17-14(19)8-13-15(20)18-7-1-2-12(18)9-21-13/h3-6,12-13H,1-2,7-9H2,(H,17,19). The lowest BCUT2D eigenvalue weighted by Gasteiger charge is -2.34. The molecule has 1 aromatic rings. The van der Waals surface area contributed by atoms with Crippen LogP contribution in [-0.2, 0) is 14.3 Å². The number of halogens is 1. The molecule has 112 valence electrons. The van der Waals surface area contributed by atoms with E-state index < -0.39 is 6.10 Å². The summed E-state index contributed by atoms with van der Waals surface area (Å²) in [7, 11) is 0. The third kappa shape index (κ3) is 3.37. The normalized spacial score (nSPS) is 24.8. The van der Waals surface area contributed by atoms with Crippen LogP contribution in [0.15, 0.2) is 24.3 Å². The molecule has 2 amide bonds. The number of benzene rings is 1. The number of nitrogens with zero attached hydrogens (tertiary/aromatic N) is 1. The van der Waals surface area contributed by atoms with E-state index in [0.29, 0.717) is 6.61 Å². The minimum absolute atomic E-state index is 0.0403. The number of anilines is 1. The smallest absolute Gasteiger partial charge is 0.252 e. The zero-order valence-corrected chi connectivity index (χ0v) is 13.7. The van der Waals surface area contributed by atoms with Gasteiger partial charge in [-0.1, -0.05) is 0 Å². The lowest BCUT2D eigenvalue weighted by molar-refractivity contribution is -0.158. The predicted octanol–water partition coefficient (Wildman–Crippen LogP) is 2.01. The van der Waals surface area contributed by atoms with E-state index in [1.165, 1.54) is 0 Å². The topological polar surface area (TPSA) is 58.6 Å². The average Bonchev–Trinajstić information content (AvgIpc) is 2.94. The molecular formula is C15H17IN2O3. The molecule has 2 aliphatic heterocycles. The Morgan fingerprint density at radius 3 is 2.90 bits per heavy atom. The van der Waals surface area contributed by atoms with Crippen LogP contribution in [0.4, 0.5) is 5.69 Å². The molecule has 0 saturated carbocycles. The number of hydrogen-bond donors (Lipinski definition) is 1. The molecule has 0 bridgehead atoms. The van der Waals surface area contributed by atoms with Crippen molar-refractivity contribution in [1.82, 2.24) is 4.90 Å². The van der Waals surface area contributed by atoms with Crippen LogP contribution in [0.1, 0.15) is 19.3 Å². The summed E-state index contributed by atoms with van der Waals surface area (Å²) in [5.41, 5.74) is 0.739. The molecule has 6 heteroatoms. The maximum atomic E-state index is 12.3. The molecule has 5 nitrogen and oxygen atoms in total. The first kappa shape index (κ1) is 14.8. The Morgan fingerprint density at radius 2 is 2.14 bits per heavy atom. The number of rotatable bonds is 3. The van der Waals surface area contributed by atoms with Crippen LogP contribution < -0.4 is 5.32 Å². The molecule has 2 heterocycles. The quantitative estimate of drug-likeness (QED) is 0.790. The molecule has 2 unspecified atom stereocenters. The Bertz CT molecular complexity index is 546. The zero-order chi connectivity index (χ0) is 14.8. The van der Waals surface area contributed by atoms with Gasteiger partial charge in [-0.05, 0) is 59.7 Å². The highest BCUT2D eigenvalue weighted by Crippen LogP contribution is 2.25. The Hall–Kier alpha value is -1.15. The van der Waals surface area contributed by atoms with Gasteiger partial charge in [0, 0.05) is 15.8 Å². The van der Waals surface area contributed by atoms with E-state index in [4.69, 9.17) is 4.74 Å². The summed E-state index contributed by atoms with van der Waals surface area (Å²) in [6, 6.07) is 7.76. The monoisotopic (exact) mass is 400 g/mol. The van der Waals surface area contributed by atoms with Crippen molar-refractivity contribution in [2.75, 3.05) is 18.5 Å². The second kappa shape index (κ2) is 6.31. The van der Waals surface area contributed by atoms with Crippen LogP contribution in [0.5, 0.6) is 0 Å². The Labute approximate surface area is 137 Å². The van der Waals surface area contributed by atoms with E-state index in [1.807, 2.05) is 29.2 Å². The van der Waals surface area contributed by atoms with E-state index in [-0.39, 0.29) is 24.3 Å². The number of amides is 2. The van der Waals surface area contributed by atoms with Gasteiger partial charge in [0.1, 0.15) is 6.10 Å². The summed E-state index contributed by atoms with van der Waals surface area (Å²) < 4.78 is 6.69. The fraction of sp³-hybridized carbons (Fsp3) is 0.467. The van der Waals surface area contributed by atoms with Crippen LogP contribution in [0.2, 0.25) is 0 Å². The van der Waals surface area contributed by atoms with Gasteiger partial charge in [-0.3, -0.25) is 9.59 Å². The SMILES string of the molecule is O=C(CC1OCC2CCCN2C1=O)Nc1ccc(I)cc1. The molecule has 21 heavy (non-hydrogen) atoms. The summed E-state index contributed by atoms with van der Waals surface area (Å²) in [6.07, 6.45) is 1.48. The summed E-state index contributed by atoms with van der Waals surface area (Å²) >= 11 is 2.21. The van der Waals surface area contributed by atoms with Crippen LogP contribution in [0.25, 0.3) is 0 Å². The second-order valence-electron chi connectivity index (χ2n) is 5.41. The highest BCUT2D eigenvalue weighted by atomic mass is 127. The van der Waals surface area contributed by atoms with E-state index in [9.17, 15) is 9.59 Å². The van der Waals surface area contributed by atoms with E-state index in [1.54, 1.807) is 0 Å². The minimum atomic E-state index is -0.636. The van der Waals surface area contributed by atoms with Gasteiger partial charge in [0.05, 0.1) is 19.1 Å². The van der Waals surface area contributed by atoms with Crippen LogP contribution >= 0.6 is 22.6 Å². The van der Waals surface area contributed by atoms with Gasteiger partial charge in [-0.2, -0.15) is 0 Å². The highest BCUT2D eigenvalue weighted by Gasteiger charge is 2.39. The van der Waals surface area contributed by atoms with Crippen molar-refractivity contribution in [1.29, 1.82) is 0 Å². The molecule has 0 aliphatic carbocycles. The number of carbonyl (C=O) groups excluding carboxylic acids is 2. The maximum Gasteiger partial charge on any atom is 0.252 e. The predicted molar refractivity (Wildman–Crippen MR) is 86.9 cm³/mol. The van der Waals surface area contributed by atoms with Gasteiger partial charge in [-0.25, -0.2) is 0 Å². The number of ether oxygens (including phenoxy) is 1. The lowest BCUT2D eigenvalue weighted by atomic mass is 10.1. The molecule has 0 aromatic heterocycles. The molecule has 2 saturated heterocycles. The van der Waals surface area contributed by atoms with E-state index in [2.05, 4.69) is 27.9 Å². The number of fused-ring (bicyclic) bond motifs is 1. The van der Waals surface area contributed by atoms with Crippen molar-refractivity contribution in [3.05, 3.63) is 27.8 Å².